The number of nitrogens with one attached hydrogen (secondary N) is 1. The largest absolute Gasteiger partial charge is 0.389 e. The Labute approximate surface area is 130 Å². The molecule has 1 aliphatic rings. The second-order valence-electron chi connectivity index (χ2n) is 5.25. The first-order valence-corrected chi connectivity index (χ1v) is 7.45. The fourth-order valence-electron chi connectivity index (χ4n) is 2.41. The van der Waals surface area contributed by atoms with Gasteiger partial charge in [-0.15, -0.1) is 0 Å². The summed E-state index contributed by atoms with van der Waals surface area (Å²) in [5.74, 6) is -0.0622. The Hall–Kier alpha value is -1.50. The van der Waals surface area contributed by atoms with Gasteiger partial charge in [-0.05, 0) is 26.0 Å². The number of thiocarbonyl (C=S) groups is 1. The molecule has 0 aromatic heterocycles. The molecular formula is C15H21N3O2S. The van der Waals surface area contributed by atoms with E-state index in [4.69, 9.17) is 22.7 Å². The highest BCUT2D eigenvalue weighted by Gasteiger charge is 2.26. The summed E-state index contributed by atoms with van der Waals surface area (Å²) >= 11 is 5.01. The summed E-state index contributed by atoms with van der Waals surface area (Å²) in [6.07, 6.45) is 0.151. The van der Waals surface area contributed by atoms with E-state index in [0.717, 1.165) is 13.1 Å². The van der Waals surface area contributed by atoms with Gasteiger partial charge < -0.3 is 15.8 Å². The van der Waals surface area contributed by atoms with Gasteiger partial charge in [0.25, 0.3) is 0 Å². The number of hydrogen-bond acceptors (Lipinski definition) is 4. The van der Waals surface area contributed by atoms with Crippen molar-refractivity contribution in [3.8, 4) is 0 Å². The molecule has 1 fully saturated rings. The molecule has 0 aliphatic carbocycles. The number of rotatable bonds is 4. The van der Waals surface area contributed by atoms with Gasteiger partial charge in [-0.3, -0.25) is 9.69 Å². The molecule has 1 saturated heterocycles. The lowest BCUT2D eigenvalue weighted by molar-refractivity contribution is -0.123. The first-order valence-electron chi connectivity index (χ1n) is 7.04. The van der Waals surface area contributed by atoms with Crippen LogP contribution in [-0.2, 0) is 9.53 Å². The Balaban J connectivity index is 2.05. The Morgan fingerprint density at radius 2 is 2.24 bits per heavy atom. The molecule has 2 unspecified atom stereocenters. The molecule has 6 heteroatoms. The number of ether oxygens (including phenoxy) is 1. The molecule has 1 heterocycles. The molecule has 0 spiro atoms. The molecule has 1 aromatic rings. The summed E-state index contributed by atoms with van der Waals surface area (Å²) in [5, 5.41) is 2.91. The second kappa shape index (κ2) is 6.98. The average Bonchev–Trinajstić information content (AvgIpc) is 2.46. The highest BCUT2D eigenvalue weighted by Crippen LogP contribution is 2.16. The zero-order valence-corrected chi connectivity index (χ0v) is 13.2. The van der Waals surface area contributed by atoms with Gasteiger partial charge in [0.1, 0.15) is 4.99 Å². The Morgan fingerprint density at radius 1 is 1.52 bits per heavy atom. The number of amides is 1. The predicted octanol–water partition coefficient (Wildman–Crippen LogP) is 1.37. The fourth-order valence-corrected chi connectivity index (χ4v) is 2.59. The monoisotopic (exact) mass is 307 g/mol. The normalized spacial score (nSPS) is 20.8. The van der Waals surface area contributed by atoms with Crippen molar-refractivity contribution in [1.29, 1.82) is 0 Å². The Bertz CT molecular complexity index is 535. The number of anilines is 1. The van der Waals surface area contributed by atoms with Gasteiger partial charge in [0.2, 0.25) is 5.91 Å². The quantitative estimate of drug-likeness (QED) is 0.822. The molecule has 1 aromatic carbocycles. The molecule has 5 nitrogen and oxygen atoms in total. The van der Waals surface area contributed by atoms with Crippen molar-refractivity contribution in [3.05, 3.63) is 29.8 Å². The van der Waals surface area contributed by atoms with Gasteiger partial charge in [0.15, 0.2) is 0 Å². The maximum absolute atomic E-state index is 12.4. The van der Waals surface area contributed by atoms with Crippen molar-refractivity contribution in [3.63, 3.8) is 0 Å². The molecule has 0 bridgehead atoms. The Kier molecular flexibility index (Phi) is 5.27. The van der Waals surface area contributed by atoms with E-state index >= 15 is 0 Å². The van der Waals surface area contributed by atoms with Crippen LogP contribution in [0.15, 0.2) is 24.3 Å². The van der Waals surface area contributed by atoms with Crippen molar-refractivity contribution >= 4 is 28.8 Å². The third-order valence-corrected chi connectivity index (χ3v) is 3.87. The van der Waals surface area contributed by atoms with Crippen LogP contribution in [0.5, 0.6) is 0 Å². The number of nitrogens with two attached hydrogens (primary N) is 1. The zero-order valence-electron chi connectivity index (χ0n) is 12.3. The van der Waals surface area contributed by atoms with Crippen LogP contribution < -0.4 is 11.1 Å². The van der Waals surface area contributed by atoms with Crippen molar-refractivity contribution in [2.45, 2.75) is 26.0 Å². The summed E-state index contributed by atoms with van der Waals surface area (Å²) in [4.78, 5) is 14.8. The van der Waals surface area contributed by atoms with E-state index in [1.807, 2.05) is 26.0 Å². The lowest BCUT2D eigenvalue weighted by Gasteiger charge is -2.34. The molecule has 114 valence electrons. The Morgan fingerprint density at radius 3 is 2.90 bits per heavy atom. The highest BCUT2D eigenvalue weighted by molar-refractivity contribution is 7.80. The van der Waals surface area contributed by atoms with E-state index in [1.54, 1.807) is 12.1 Å². The summed E-state index contributed by atoms with van der Waals surface area (Å²) in [7, 11) is 0. The molecular weight excluding hydrogens is 286 g/mol. The van der Waals surface area contributed by atoms with Gasteiger partial charge >= 0.3 is 0 Å². The first kappa shape index (κ1) is 15.9. The summed E-state index contributed by atoms with van der Waals surface area (Å²) < 4.78 is 5.50. The summed E-state index contributed by atoms with van der Waals surface area (Å²) in [6.45, 7) is 6.08. The number of para-hydroxylation sites is 1. The number of benzene rings is 1. The lowest BCUT2D eigenvalue weighted by Crippen LogP contribution is -2.50. The van der Waals surface area contributed by atoms with Crippen molar-refractivity contribution in [2.24, 2.45) is 5.73 Å². The van der Waals surface area contributed by atoms with Crippen LogP contribution in [0.1, 0.15) is 19.4 Å². The molecule has 0 saturated carbocycles. The molecule has 3 N–H and O–H groups in total. The molecule has 1 amide bonds. The zero-order chi connectivity index (χ0) is 15.4. The molecule has 1 aliphatic heterocycles. The molecule has 2 rings (SSSR count). The molecule has 2 atom stereocenters. The van der Waals surface area contributed by atoms with E-state index in [0.29, 0.717) is 17.9 Å². The van der Waals surface area contributed by atoms with Crippen LogP contribution in [0.3, 0.4) is 0 Å². The van der Waals surface area contributed by atoms with Crippen LogP contribution in [0, 0.1) is 0 Å². The van der Waals surface area contributed by atoms with Gasteiger partial charge in [-0.2, -0.15) is 0 Å². The minimum Gasteiger partial charge on any atom is -0.389 e. The number of nitrogens with zero attached hydrogens (tertiary/aromatic N) is 1. The SMILES string of the molecule is CC1CN(C(C)C(=O)Nc2ccccc2C(N)=S)CCO1. The smallest absolute Gasteiger partial charge is 0.241 e. The lowest BCUT2D eigenvalue weighted by atomic mass is 10.1. The van der Waals surface area contributed by atoms with Crippen molar-refractivity contribution in [2.75, 3.05) is 25.0 Å². The van der Waals surface area contributed by atoms with Crippen LogP contribution in [0.25, 0.3) is 0 Å². The van der Waals surface area contributed by atoms with E-state index < -0.39 is 0 Å². The minimum absolute atomic E-state index is 0.0622. The van der Waals surface area contributed by atoms with Crippen LogP contribution in [-0.4, -0.2) is 47.6 Å². The topological polar surface area (TPSA) is 67.6 Å². The van der Waals surface area contributed by atoms with Gasteiger partial charge in [-0.25, -0.2) is 0 Å². The van der Waals surface area contributed by atoms with Crippen molar-refractivity contribution < 1.29 is 9.53 Å². The van der Waals surface area contributed by atoms with Crippen LogP contribution >= 0.6 is 12.2 Å². The minimum atomic E-state index is -0.226. The number of morpholine rings is 1. The summed E-state index contributed by atoms with van der Waals surface area (Å²) in [5.41, 5.74) is 7.02. The maximum Gasteiger partial charge on any atom is 0.241 e. The van der Waals surface area contributed by atoms with Gasteiger partial charge in [0, 0.05) is 18.7 Å². The highest BCUT2D eigenvalue weighted by atomic mass is 32.1. The number of carbonyl (C=O) groups excluding carboxylic acids is 1. The number of hydrogen-bond donors (Lipinski definition) is 2. The van der Waals surface area contributed by atoms with E-state index in [-0.39, 0.29) is 23.0 Å². The van der Waals surface area contributed by atoms with Crippen molar-refractivity contribution in [1.82, 2.24) is 4.90 Å². The fraction of sp³-hybridized carbons (Fsp3) is 0.467. The standard InChI is InChI=1S/C15H21N3O2S/c1-10-9-18(7-8-20-10)11(2)15(19)17-13-6-4-3-5-12(13)14(16)21/h3-6,10-11H,7-9H2,1-2H3,(H2,16,21)(H,17,19). The third-order valence-electron chi connectivity index (χ3n) is 3.65. The van der Waals surface area contributed by atoms with E-state index in [1.165, 1.54) is 0 Å². The van der Waals surface area contributed by atoms with E-state index in [2.05, 4.69) is 10.2 Å². The predicted molar refractivity (Wildman–Crippen MR) is 87.4 cm³/mol. The van der Waals surface area contributed by atoms with E-state index in [9.17, 15) is 4.79 Å². The third kappa shape index (κ3) is 4.00. The maximum atomic E-state index is 12.4. The average molecular weight is 307 g/mol. The van der Waals surface area contributed by atoms with Gasteiger partial charge in [0.05, 0.1) is 24.4 Å². The number of carbonyl (C=O) groups is 1. The van der Waals surface area contributed by atoms with Gasteiger partial charge in [-0.1, -0.05) is 24.4 Å². The molecule has 21 heavy (non-hydrogen) atoms. The summed E-state index contributed by atoms with van der Waals surface area (Å²) in [6, 6.07) is 7.08. The van der Waals surface area contributed by atoms with Crippen LogP contribution in [0.2, 0.25) is 0 Å². The molecule has 0 radical (unpaired) electrons. The second-order valence-corrected chi connectivity index (χ2v) is 5.69. The first-order chi connectivity index (χ1) is 9.99. The van der Waals surface area contributed by atoms with Crippen LogP contribution in [0.4, 0.5) is 5.69 Å².